The van der Waals surface area contributed by atoms with E-state index < -0.39 is 0 Å². The van der Waals surface area contributed by atoms with E-state index in [1.165, 1.54) is 26.2 Å². The second-order valence-corrected chi connectivity index (χ2v) is 10.8. The number of rotatable bonds is 3. The topological polar surface area (TPSA) is 43.4 Å². The lowest BCUT2D eigenvalue weighted by Crippen LogP contribution is -2.51. The molecule has 0 saturated heterocycles. The second kappa shape index (κ2) is 6.99. The molecule has 0 N–H and O–H groups in total. The first-order valence-corrected chi connectivity index (χ1v) is 11.6. The zero-order valence-corrected chi connectivity index (χ0v) is 18.4. The smallest absolute Gasteiger partial charge is 0.302 e. The third-order valence-corrected chi connectivity index (χ3v) is 9.53. The van der Waals surface area contributed by atoms with E-state index in [1.807, 2.05) is 6.92 Å². The van der Waals surface area contributed by atoms with Crippen LogP contribution in [0.5, 0.6) is 0 Å². The molecule has 0 aromatic carbocycles. The number of ketones is 1. The van der Waals surface area contributed by atoms with Crippen molar-refractivity contribution >= 4 is 11.8 Å². The summed E-state index contributed by atoms with van der Waals surface area (Å²) in [4.78, 5) is 24.0. The Bertz CT molecular complexity index is 694. The van der Waals surface area contributed by atoms with Crippen LogP contribution in [-0.2, 0) is 14.3 Å². The van der Waals surface area contributed by atoms with E-state index >= 15 is 0 Å². The average molecular weight is 387 g/mol. The van der Waals surface area contributed by atoms with Crippen molar-refractivity contribution < 1.29 is 14.3 Å². The normalized spacial score (nSPS) is 47.4. The predicted molar refractivity (Wildman–Crippen MR) is 111 cm³/mol. The van der Waals surface area contributed by atoms with E-state index in [9.17, 15) is 9.59 Å². The maximum absolute atomic E-state index is 12.6. The number of fused-ring (bicyclic) bond motifs is 5. The molecular weight excluding hydrogens is 348 g/mol. The van der Waals surface area contributed by atoms with Gasteiger partial charge >= 0.3 is 5.97 Å². The van der Waals surface area contributed by atoms with Gasteiger partial charge in [0.05, 0.1) is 0 Å². The number of Topliss-reactive ketones (excluding diaryl/α,β-unsaturated/α-hetero) is 1. The Kier molecular flexibility index (Phi) is 5.03. The number of allylic oxidation sites excluding steroid dienone is 1. The fourth-order valence-corrected chi connectivity index (χ4v) is 8.34. The minimum Gasteiger partial charge on any atom is -0.462 e. The quantitative estimate of drug-likeness (QED) is 0.460. The largest absolute Gasteiger partial charge is 0.462 e. The van der Waals surface area contributed by atoms with Gasteiger partial charge in [-0.05, 0) is 80.0 Å². The first-order chi connectivity index (χ1) is 13.2. The predicted octanol–water partition coefficient (Wildman–Crippen LogP) is 5.72. The van der Waals surface area contributed by atoms with Crippen LogP contribution in [0.2, 0.25) is 0 Å². The highest BCUT2D eigenvalue weighted by Crippen LogP contribution is 2.67. The highest BCUT2D eigenvalue weighted by Gasteiger charge is 2.61. The molecule has 4 rings (SSSR count). The van der Waals surface area contributed by atoms with Gasteiger partial charge in [0.25, 0.3) is 0 Å². The van der Waals surface area contributed by atoms with Gasteiger partial charge in [-0.3, -0.25) is 9.59 Å². The van der Waals surface area contributed by atoms with Crippen molar-refractivity contribution in [3.05, 3.63) is 11.6 Å². The fraction of sp³-hybridized carbons (Fsp3) is 0.840. The van der Waals surface area contributed by atoms with Crippen molar-refractivity contribution in [1.29, 1.82) is 0 Å². The molecule has 0 heterocycles. The minimum atomic E-state index is -0.150. The Balaban J connectivity index is 1.61. The summed E-state index contributed by atoms with van der Waals surface area (Å²) in [7, 11) is 0. The van der Waals surface area contributed by atoms with E-state index in [0.717, 1.165) is 43.9 Å². The van der Waals surface area contributed by atoms with Crippen LogP contribution in [0.4, 0.5) is 0 Å². The highest BCUT2D eigenvalue weighted by atomic mass is 16.5. The molecule has 0 amide bonds. The molecule has 3 heteroatoms. The van der Waals surface area contributed by atoms with Crippen LogP contribution in [0.15, 0.2) is 11.6 Å². The maximum atomic E-state index is 12.6. The van der Waals surface area contributed by atoms with E-state index in [-0.39, 0.29) is 28.8 Å². The molecule has 8 atom stereocenters. The Labute approximate surface area is 170 Å². The van der Waals surface area contributed by atoms with Crippen LogP contribution >= 0.6 is 0 Å². The number of ether oxygens (including phenoxy) is 1. The van der Waals surface area contributed by atoms with Crippen LogP contribution in [0.25, 0.3) is 0 Å². The van der Waals surface area contributed by atoms with Gasteiger partial charge in [0.15, 0.2) is 0 Å². The molecule has 0 aliphatic heterocycles. The number of carbonyl (C=O) groups excluding carboxylic acids is 2. The summed E-state index contributed by atoms with van der Waals surface area (Å²) in [5.74, 6) is 3.25. The molecule has 3 saturated carbocycles. The molecule has 4 aliphatic rings. The van der Waals surface area contributed by atoms with Crippen LogP contribution in [0.1, 0.15) is 86.0 Å². The molecule has 3 nitrogen and oxygen atoms in total. The van der Waals surface area contributed by atoms with Gasteiger partial charge in [0.1, 0.15) is 11.9 Å². The Morgan fingerprint density at radius 1 is 1.14 bits per heavy atom. The van der Waals surface area contributed by atoms with Crippen molar-refractivity contribution in [3.8, 4) is 0 Å². The van der Waals surface area contributed by atoms with E-state index in [1.54, 1.807) is 5.57 Å². The lowest BCUT2D eigenvalue weighted by molar-refractivity contribution is -0.149. The zero-order valence-electron chi connectivity index (χ0n) is 18.4. The SMILES string of the molecule is CC[C@@H]1C[C@@H]2[C@@H]3CC=C4C[C@H](OC(C)=O)CC[C@]4(C)[C@@H]3CC[C@]2(C)[C@H]1C(C)=O. The van der Waals surface area contributed by atoms with Crippen molar-refractivity contribution in [2.45, 2.75) is 92.1 Å². The molecule has 0 unspecified atom stereocenters. The van der Waals surface area contributed by atoms with Gasteiger partial charge in [0, 0.05) is 19.3 Å². The van der Waals surface area contributed by atoms with Gasteiger partial charge in [-0.25, -0.2) is 0 Å². The Hall–Kier alpha value is -1.12. The lowest BCUT2D eigenvalue weighted by atomic mass is 9.47. The summed E-state index contributed by atoms with van der Waals surface area (Å²) in [6.07, 6.45) is 11.6. The van der Waals surface area contributed by atoms with Crippen LogP contribution in [-0.4, -0.2) is 17.9 Å². The van der Waals surface area contributed by atoms with Gasteiger partial charge < -0.3 is 4.74 Å². The second-order valence-electron chi connectivity index (χ2n) is 10.8. The van der Waals surface area contributed by atoms with E-state index in [0.29, 0.717) is 17.6 Å². The van der Waals surface area contributed by atoms with Crippen LogP contribution in [0, 0.1) is 40.4 Å². The maximum Gasteiger partial charge on any atom is 0.302 e. The van der Waals surface area contributed by atoms with Crippen LogP contribution < -0.4 is 0 Å². The summed E-state index contributed by atoms with van der Waals surface area (Å²) in [6.45, 7) is 10.6. The van der Waals surface area contributed by atoms with Crippen molar-refractivity contribution in [2.24, 2.45) is 40.4 Å². The van der Waals surface area contributed by atoms with Crippen molar-refractivity contribution in [3.63, 3.8) is 0 Å². The molecule has 3 fully saturated rings. The molecule has 4 aliphatic carbocycles. The van der Waals surface area contributed by atoms with E-state index in [4.69, 9.17) is 4.74 Å². The summed E-state index contributed by atoms with van der Waals surface area (Å²) in [5.41, 5.74) is 2.00. The summed E-state index contributed by atoms with van der Waals surface area (Å²) < 4.78 is 5.56. The summed E-state index contributed by atoms with van der Waals surface area (Å²) in [5, 5.41) is 0. The first-order valence-electron chi connectivity index (χ1n) is 11.6. The monoisotopic (exact) mass is 386 g/mol. The standard InChI is InChI=1S/C25H38O3/c1-6-17-13-22-20-8-7-18-14-19(28-16(3)27)9-11-24(18,4)21(20)10-12-25(22,5)23(17)15(2)26/h7,17,19-23H,6,8-14H2,1-5H3/t17-,19-,20-,21-,22-,23+,24+,25+/m1/s1. The molecule has 28 heavy (non-hydrogen) atoms. The zero-order chi connectivity index (χ0) is 20.3. The van der Waals surface area contributed by atoms with Crippen molar-refractivity contribution in [2.75, 3.05) is 0 Å². The van der Waals surface area contributed by atoms with Gasteiger partial charge in [0.2, 0.25) is 0 Å². The highest BCUT2D eigenvalue weighted by molar-refractivity contribution is 5.80. The molecule has 156 valence electrons. The average Bonchev–Trinajstić information content (AvgIpc) is 2.94. The number of carbonyl (C=O) groups is 2. The number of hydrogen-bond donors (Lipinski definition) is 0. The first kappa shape index (κ1) is 20.2. The fourth-order valence-electron chi connectivity index (χ4n) is 8.34. The number of hydrogen-bond acceptors (Lipinski definition) is 3. The van der Waals surface area contributed by atoms with Crippen molar-refractivity contribution in [1.82, 2.24) is 0 Å². The van der Waals surface area contributed by atoms with Gasteiger partial charge in [-0.1, -0.05) is 38.8 Å². The molecule has 0 radical (unpaired) electrons. The summed E-state index contributed by atoms with van der Waals surface area (Å²) >= 11 is 0. The molecule has 0 bridgehead atoms. The molecule has 0 aromatic rings. The van der Waals surface area contributed by atoms with Crippen LogP contribution in [0.3, 0.4) is 0 Å². The third-order valence-electron chi connectivity index (χ3n) is 9.53. The summed E-state index contributed by atoms with van der Waals surface area (Å²) in [6, 6.07) is 0. The molecule has 0 aromatic heterocycles. The van der Waals surface area contributed by atoms with Gasteiger partial charge in [-0.15, -0.1) is 0 Å². The number of esters is 1. The molecule has 0 spiro atoms. The Morgan fingerprint density at radius 3 is 2.54 bits per heavy atom. The van der Waals surface area contributed by atoms with Gasteiger partial charge in [-0.2, -0.15) is 0 Å². The third kappa shape index (κ3) is 2.91. The minimum absolute atomic E-state index is 0.0697. The Morgan fingerprint density at radius 2 is 1.89 bits per heavy atom. The van der Waals surface area contributed by atoms with E-state index in [2.05, 4.69) is 26.8 Å². The molecular formula is C25H38O3. The lowest BCUT2D eigenvalue weighted by Gasteiger charge is -2.58.